The lowest BCUT2D eigenvalue weighted by Crippen LogP contribution is -2.45. The maximum Gasteiger partial charge on any atom is 0.431 e. The number of hydrogen-bond acceptors (Lipinski definition) is 6. The Hall–Kier alpha value is -3.61. The van der Waals surface area contributed by atoms with Gasteiger partial charge in [0.25, 0.3) is 0 Å². The van der Waals surface area contributed by atoms with E-state index in [9.17, 15) is 19.5 Å². The predicted octanol–water partition coefficient (Wildman–Crippen LogP) is 0.997. The highest BCUT2D eigenvalue weighted by Crippen LogP contribution is 2.38. The number of carbonyl (C=O) groups is 3. The van der Waals surface area contributed by atoms with Crippen LogP contribution in [0.1, 0.15) is 12.5 Å². The Labute approximate surface area is 135 Å². The maximum absolute atomic E-state index is 11.4. The van der Waals surface area contributed by atoms with Crippen molar-refractivity contribution in [3.05, 3.63) is 17.7 Å². The Morgan fingerprint density at radius 3 is 2.54 bits per heavy atom. The smallest absolute Gasteiger partial charge is 0.431 e. The van der Waals surface area contributed by atoms with E-state index in [-0.39, 0.29) is 36.1 Å². The number of hydrazine groups is 1. The Bertz CT molecular complexity index is 749. The van der Waals surface area contributed by atoms with Crippen LogP contribution in [0.3, 0.4) is 0 Å². The SMILES string of the molecule is CCOC(=O)C#Cc1cc2c(cc1N(NC(=O)O)C(=O)O)OCO2. The number of nitrogens with one attached hydrogen (secondary N) is 1. The number of carboxylic acid groups (broad SMARTS) is 2. The van der Waals surface area contributed by atoms with Crippen LogP contribution in [0.5, 0.6) is 11.5 Å². The molecule has 0 saturated carbocycles. The molecule has 0 bridgehead atoms. The summed E-state index contributed by atoms with van der Waals surface area (Å²) in [4.78, 5) is 33.5. The minimum atomic E-state index is -1.60. The number of nitrogens with zero attached hydrogens (tertiary/aromatic N) is 1. The van der Waals surface area contributed by atoms with E-state index in [0.29, 0.717) is 5.01 Å². The third-order valence-corrected chi connectivity index (χ3v) is 2.71. The summed E-state index contributed by atoms with van der Waals surface area (Å²) in [5.74, 6) is 4.30. The largest absolute Gasteiger partial charge is 0.464 e. The van der Waals surface area contributed by atoms with E-state index < -0.39 is 18.2 Å². The van der Waals surface area contributed by atoms with Crippen molar-refractivity contribution in [3.63, 3.8) is 0 Å². The van der Waals surface area contributed by atoms with E-state index in [4.69, 9.17) is 14.6 Å². The standard InChI is InChI=1S/C14H12N2O8/c1-2-22-12(17)4-3-8-5-10-11(24-7-23-10)6-9(8)16(14(20)21)15-13(18)19/h5-6,15H,2,7H2,1H3,(H,18,19)(H,20,21). The fraction of sp³-hybridized carbons (Fsp3) is 0.214. The molecule has 1 heterocycles. The zero-order chi connectivity index (χ0) is 17.7. The summed E-state index contributed by atoms with van der Waals surface area (Å²) in [7, 11) is 0. The van der Waals surface area contributed by atoms with Crippen LogP contribution in [-0.2, 0) is 9.53 Å². The Morgan fingerprint density at radius 2 is 1.96 bits per heavy atom. The van der Waals surface area contributed by atoms with Gasteiger partial charge in [-0.25, -0.2) is 19.8 Å². The first-order chi connectivity index (χ1) is 11.4. The van der Waals surface area contributed by atoms with Gasteiger partial charge in [-0.15, -0.1) is 0 Å². The topological polar surface area (TPSA) is 135 Å². The molecule has 0 unspecified atom stereocenters. The van der Waals surface area contributed by atoms with Crippen molar-refractivity contribution < 1.29 is 38.8 Å². The molecule has 1 aromatic rings. The molecule has 1 aliphatic heterocycles. The summed E-state index contributed by atoms with van der Waals surface area (Å²) in [6, 6.07) is 2.57. The molecule has 0 saturated heterocycles. The highest BCUT2D eigenvalue weighted by molar-refractivity contribution is 5.93. The normalized spacial score (nSPS) is 11.0. The number of fused-ring (bicyclic) bond motifs is 1. The molecule has 2 amide bonds. The molecule has 10 nitrogen and oxygen atoms in total. The van der Waals surface area contributed by atoms with Crippen molar-refractivity contribution in [1.82, 2.24) is 5.43 Å². The van der Waals surface area contributed by atoms with Crippen LogP contribution in [0.25, 0.3) is 0 Å². The van der Waals surface area contributed by atoms with Crippen LogP contribution < -0.4 is 19.9 Å². The molecule has 0 fully saturated rings. The average molecular weight is 336 g/mol. The first-order valence-corrected chi connectivity index (χ1v) is 6.57. The van der Waals surface area contributed by atoms with Gasteiger partial charge >= 0.3 is 18.2 Å². The minimum Gasteiger partial charge on any atom is -0.464 e. The highest BCUT2D eigenvalue weighted by atomic mass is 16.7. The van der Waals surface area contributed by atoms with Gasteiger partial charge < -0.3 is 24.4 Å². The van der Waals surface area contributed by atoms with Crippen LogP contribution in [0, 0.1) is 11.8 Å². The quantitative estimate of drug-likeness (QED) is 0.413. The van der Waals surface area contributed by atoms with Gasteiger partial charge in [-0.2, -0.15) is 5.01 Å². The van der Waals surface area contributed by atoms with Crippen molar-refractivity contribution in [2.45, 2.75) is 6.92 Å². The third kappa shape index (κ3) is 3.77. The van der Waals surface area contributed by atoms with Gasteiger partial charge in [0.15, 0.2) is 11.5 Å². The molecule has 24 heavy (non-hydrogen) atoms. The van der Waals surface area contributed by atoms with Crippen LogP contribution in [-0.4, -0.2) is 41.8 Å². The van der Waals surface area contributed by atoms with Gasteiger partial charge in [0.05, 0.1) is 17.9 Å². The van der Waals surface area contributed by atoms with Crippen LogP contribution >= 0.6 is 0 Å². The van der Waals surface area contributed by atoms with E-state index in [0.717, 1.165) is 0 Å². The lowest BCUT2D eigenvalue weighted by Gasteiger charge is -2.19. The van der Waals surface area contributed by atoms with Crippen LogP contribution in [0.15, 0.2) is 12.1 Å². The summed E-state index contributed by atoms with van der Waals surface area (Å²) in [6.07, 6.45) is -3.20. The van der Waals surface area contributed by atoms with Gasteiger partial charge in [-0.1, -0.05) is 5.92 Å². The number of ether oxygens (including phenoxy) is 3. The van der Waals surface area contributed by atoms with Crippen molar-refractivity contribution in [2.24, 2.45) is 0 Å². The van der Waals surface area contributed by atoms with E-state index >= 15 is 0 Å². The number of benzene rings is 1. The first kappa shape index (κ1) is 16.8. The highest BCUT2D eigenvalue weighted by Gasteiger charge is 2.24. The molecule has 0 aliphatic carbocycles. The molecule has 0 spiro atoms. The van der Waals surface area contributed by atoms with Crippen molar-refractivity contribution >= 4 is 23.8 Å². The van der Waals surface area contributed by atoms with Crippen molar-refractivity contribution in [3.8, 4) is 23.3 Å². The van der Waals surface area contributed by atoms with Gasteiger partial charge in [0, 0.05) is 18.1 Å². The maximum atomic E-state index is 11.4. The van der Waals surface area contributed by atoms with Crippen molar-refractivity contribution in [1.29, 1.82) is 0 Å². The number of hydrogen-bond donors (Lipinski definition) is 3. The Balaban J connectivity index is 2.49. The summed E-state index contributed by atoms with van der Waals surface area (Å²) >= 11 is 0. The average Bonchev–Trinajstić information content (AvgIpc) is 2.96. The van der Waals surface area contributed by atoms with Gasteiger partial charge in [0.1, 0.15) is 0 Å². The molecule has 0 radical (unpaired) electrons. The molecular formula is C14H12N2O8. The zero-order valence-corrected chi connectivity index (χ0v) is 12.4. The first-order valence-electron chi connectivity index (χ1n) is 6.57. The second-order valence-corrected chi connectivity index (χ2v) is 4.23. The monoisotopic (exact) mass is 336 g/mol. The molecule has 10 heteroatoms. The molecule has 0 atom stereocenters. The van der Waals surface area contributed by atoms with Gasteiger partial charge in [0.2, 0.25) is 6.79 Å². The van der Waals surface area contributed by atoms with E-state index in [1.54, 1.807) is 12.3 Å². The van der Waals surface area contributed by atoms with Crippen LogP contribution in [0.4, 0.5) is 15.3 Å². The number of carbonyl (C=O) groups excluding carboxylic acids is 1. The summed E-state index contributed by atoms with van der Waals surface area (Å²) in [6.45, 7) is 1.65. The van der Waals surface area contributed by atoms with E-state index in [1.807, 2.05) is 0 Å². The summed E-state index contributed by atoms with van der Waals surface area (Å²) < 4.78 is 15.0. The second-order valence-electron chi connectivity index (χ2n) is 4.23. The van der Waals surface area contributed by atoms with Crippen LogP contribution in [0.2, 0.25) is 0 Å². The number of amides is 2. The van der Waals surface area contributed by atoms with E-state index in [1.165, 1.54) is 12.1 Å². The molecular weight excluding hydrogens is 324 g/mol. The Kier molecular flexibility index (Phi) is 4.96. The number of anilines is 1. The fourth-order valence-electron chi connectivity index (χ4n) is 1.81. The molecule has 0 aromatic heterocycles. The fourth-order valence-corrected chi connectivity index (χ4v) is 1.81. The Morgan fingerprint density at radius 1 is 1.29 bits per heavy atom. The molecule has 126 valence electrons. The minimum absolute atomic E-state index is 0.0310. The summed E-state index contributed by atoms with van der Waals surface area (Å²) in [5.41, 5.74) is 1.59. The third-order valence-electron chi connectivity index (χ3n) is 2.71. The van der Waals surface area contributed by atoms with Gasteiger partial charge in [-0.3, -0.25) is 0 Å². The number of esters is 1. The second kappa shape index (κ2) is 7.10. The lowest BCUT2D eigenvalue weighted by atomic mass is 10.1. The van der Waals surface area contributed by atoms with Gasteiger partial charge in [-0.05, 0) is 6.92 Å². The zero-order valence-electron chi connectivity index (χ0n) is 12.4. The molecule has 2 rings (SSSR count). The number of rotatable bonds is 2. The van der Waals surface area contributed by atoms with E-state index in [2.05, 4.69) is 16.6 Å². The lowest BCUT2D eigenvalue weighted by molar-refractivity contribution is -0.136. The molecule has 3 N–H and O–H groups in total. The molecule has 1 aliphatic rings. The van der Waals surface area contributed by atoms with Crippen molar-refractivity contribution in [2.75, 3.05) is 18.4 Å². The molecule has 1 aromatic carbocycles. The predicted molar refractivity (Wildman–Crippen MR) is 77.7 cm³/mol. The summed E-state index contributed by atoms with van der Waals surface area (Å²) in [5, 5.41) is 18.3.